The van der Waals surface area contributed by atoms with Crippen LogP contribution < -0.4 is 0 Å². The van der Waals surface area contributed by atoms with Crippen LogP contribution in [0, 0.1) is 6.92 Å². The minimum absolute atomic E-state index is 0.429. The van der Waals surface area contributed by atoms with E-state index in [1.807, 2.05) is 25.1 Å². The Hall–Kier alpha value is -2.29. The molecule has 98 valence electrons. The third kappa shape index (κ3) is 2.76. The average molecular weight is 256 g/mol. The van der Waals surface area contributed by atoms with Crippen molar-refractivity contribution in [1.29, 1.82) is 0 Å². The van der Waals surface area contributed by atoms with Gasteiger partial charge in [0.05, 0.1) is 20.3 Å². The molecule has 0 bridgehead atoms. The van der Waals surface area contributed by atoms with Crippen LogP contribution >= 0.6 is 0 Å². The zero-order chi connectivity index (χ0) is 13.8. The normalized spacial score (nSPS) is 11.4. The van der Waals surface area contributed by atoms with Crippen molar-refractivity contribution in [2.24, 2.45) is 0 Å². The molecule has 0 unspecified atom stereocenters. The highest BCUT2D eigenvalue weighted by Crippen LogP contribution is 2.26. The Morgan fingerprint density at radius 3 is 2.58 bits per heavy atom. The Labute approximate surface area is 112 Å². The number of rotatable bonds is 3. The molecule has 0 aliphatic heterocycles. The Bertz CT molecular complexity index is 641. The van der Waals surface area contributed by atoms with E-state index in [2.05, 4.69) is 22.9 Å². The molecule has 0 aliphatic rings. The summed E-state index contributed by atoms with van der Waals surface area (Å²) in [7, 11) is 2.89. The van der Waals surface area contributed by atoms with Gasteiger partial charge in [-0.3, -0.25) is 0 Å². The van der Waals surface area contributed by atoms with Gasteiger partial charge < -0.3 is 9.47 Å². The van der Waals surface area contributed by atoms with Crippen molar-refractivity contribution in [2.45, 2.75) is 6.92 Å². The van der Waals surface area contributed by atoms with Crippen molar-refractivity contribution in [1.82, 2.24) is 0 Å². The molecule has 2 aromatic carbocycles. The van der Waals surface area contributed by atoms with E-state index in [1.165, 1.54) is 13.2 Å². The van der Waals surface area contributed by atoms with Crippen LogP contribution in [0.25, 0.3) is 16.5 Å². The molecule has 0 saturated heterocycles. The van der Waals surface area contributed by atoms with Gasteiger partial charge in [-0.2, -0.15) is 0 Å². The molecule has 2 rings (SSSR count). The fourth-order valence-electron chi connectivity index (χ4n) is 2.01. The lowest BCUT2D eigenvalue weighted by molar-refractivity contribution is -0.134. The van der Waals surface area contributed by atoms with Gasteiger partial charge in [0.2, 0.25) is 0 Å². The molecule has 0 amide bonds. The number of ether oxygens (including phenoxy) is 2. The predicted molar refractivity (Wildman–Crippen MR) is 75.7 cm³/mol. The summed E-state index contributed by atoms with van der Waals surface area (Å²) < 4.78 is 9.96. The summed E-state index contributed by atoms with van der Waals surface area (Å²) in [5.41, 5.74) is 2.04. The second kappa shape index (κ2) is 5.57. The number of carbonyl (C=O) groups excluding carboxylic acids is 1. The third-order valence-electron chi connectivity index (χ3n) is 2.97. The Morgan fingerprint density at radius 2 is 1.89 bits per heavy atom. The van der Waals surface area contributed by atoms with Crippen LogP contribution in [-0.4, -0.2) is 20.2 Å². The van der Waals surface area contributed by atoms with Crippen LogP contribution in [0.2, 0.25) is 0 Å². The van der Waals surface area contributed by atoms with Gasteiger partial charge in [-0.15, -0.1) is 0 Å². The summed E-state index contributed by atoms with van der Waals surface area (Å²) >= 11 is 0. The summed E-state index contributed by atoms with van der Waals surface area (Å²) in [5, 5.41) is 2.16. The molecule has 3 nitrogen and oxygen atoms in total. The molecule has 0 atom stereocenters. The number of hydrogen-bond acceptors (Lipinski definition) is 3. The molecule has 0 N–H and O–H groups in total. The zero-order valence-corrected chi connectivity index (χ0v) is 11.3. The first-order valence-electron chi connectivity index (χ1n) is 5.99. The van der Waals surface area contributed by atoms with E-state index in [1.54, 1.807) is 7.11 Å². The molecule has 0 fully saturated rings. The lowest BCUT2D eigenvalue weighted by atomic mass is 10.0. The highest BCUT2D eigenvalue weighted by atomic mass is 16.5. The standard InChI is InChI=1S/C16H16O3/c1-11-7-8-12-5-4-6-13(14(12)9-11)15(18-2)10-16(17)19-3/h4-10H,1-3H3/b15-10+. The van der Waals surface area contributed by atoms with Crippen LogP contribution in [0.5, 0.6) is 0 Å². The maximum atomic E-state index is 11.4. The molecule has 2 aromatic rings. The fraction of sp³-hybridized carbons (Fsp3) is 0.188. The number of carbonyl (C=O) groups is 1. The number of methoxy groups -OCH3 is 2. The number of esters is 1. The van der Waals surface area contributed by atoms with E-state index in [-0.39, 0.29) is 0 Å². The summed E-state index contributed by atoms with van der Waals surface area (Å²) in [5.74, 6) is 0.0737. The van der Waals surface area contributed by atoms with E-state index in [0.29, 0.717) is 5.76 Å². The van der Waals surface area contributed by atoms with E-state index in [0.717, 1.165) is 21.9 Å². The highest BCUT2D eigenvalue weighted by Gasteiger charge is 2.09. The topological polar surface area (TPSA) is 35.5 Å². The van der Waals surface area contributed by atoms with Gasteiger partial charge in [0.25, 0.3) is 0 Å². The van der Waals surface area contributed by atoms with E-state index >= 15 is 0 Å². The molecule has 0 aliphatic carbocycles. The number of fused-ring (bicyclic) bond motifs is 1. The van der Waals surface area contributed by atoms with E-state index in [4.69, 9.17) is 4.74 Å². The van der Waals surface area contributed by atoms with Crippen LogP contribution in [0.15, 0.2) is 42.5 Å². The first-order valence-corrected chi connectivity index (χ1v) is 5.99. The Kier molecular flexibility index (Phi) is 3.85. The first kappa shape index (κ1) is 13.1. The summed E-state index contributed by atoms with van der Waals surface area (Å²) in [6.07, 6.45) is 1.36. The second-order valence-electron chi connectivity index (χ2n) is 4.27. The van der Waals surface area contributed by atoms with Gasteiger partial charge in [-0.1, -0.05) is 42.0 Å². The Balaban J connectivity index is 2.63. The van der Waals surface area contributed by atoms with Crippen molar-refractivity contribution < 1.29 is 14.3 Å². The van der Waals surface area contributed by atoms with Gasteiger partial charge in [-0.05, 0) is 17.7 Å². The van der Waals surface area contributed by atoms with Gasteiger partial charge in [-0.25, -0.2) is 4.79 Å². The van der Waals surface area contributed by atoms with Gasteiger partial charge in [0, 0.05) is 5.56 Å². The smallest absolute Gasteiger partial charge is 0.334 e. The predicted octanol–water partition coefficient (Wildman–Crippen LogP) is 3.31. The molecule has 0 spiro atoms. The van der Waals surface area contributed by atoms with Crippen molar-refractivity contribution in [2.75, 3.05) is 14.2 Å². The monoisotopic (exact) mass is 256 g/mol. The van der Waals surface area contributed by atoms with Crippen molar-refractivity contribution in [3.8, 4) is 0 Å². The van der Waals surface area contributed by atoms with Crippen molar-refractivity contribution >= 4 is 22.5 Å². The molecular formula is C16H16O3. The van der Waals surface area contributed by atoms with Crippen molar-refractivity contribution in [3.63, 3.8) is 0 Å². The summed E-state index contributed by atoms with van der Waals surface area (Å²) in [4.78, 5) is 11.4. The van der Waals surface area contributed by atoms with Crippen molar-refractivity contribution in [3.05, 3.63) is 53.6 Å². The first-order chi connectivity index (χ1) is 9.15. The fourth-order valence-corrected chi connectivity index (χ4v) is 2.01. The molecule has 0 heterocycles. The number of benzene rings is 2. The van der Waals surface area contributed by atoms with Crippen LogP contribution in [0.1, 0.15) is 11.1 Å². The van der Waals surface area contributed by atoms with Crippen LogP contribution in [0.3, 0.4) is 0 Å². The maximum Gasteiger partial charge on any atom is 0.334 e. The van der Waals surface area contributed by atoms with E-state index in [9.17, 15) is 4.79 Å². The van der Waals surface area contributed by atoms with E-state index < -0.39 is 5.97 Å². The number of aryl methyl sites for hydroxylation is 1. The average Bonchev–Trinajstić information content (AvgIpc) is 2.44. The Morgan fingerprint density at radius 1 is 1.11 bits per heavy atom. The molecule has 0 radical (unpaired) electrons. The van der Waals surface area contributed by atoms with Crippen LogP contribution in [0.4, 0.5) is 0 Å². The summed E-state index contributed by atoms with van der Waals surface area (Å²) in [6, 6.07) is 12.1. The molecule has 0 saturated carbocycles. The summed E-state index contributed by atoms with van der Waals surface area (Å²) in [6.45, 7) is 2.03. The SMILES string of the molecule is COC(=O)/C=C(/OC)c1cccc2ccc(C)cc12. The third-order valence-corrected chi connectivity index (χ3v) is 2.97. The second-order valence-corrected chi connectivity index (χ2v) is 4.27. The minimum Gasteiger partial charge on any atom is -0.496 e. The highest BCUT2D eigenvalue weighted by molar-refractivity contribution is 5.97. The van der Waals surface area contributed by atoms with Gasteiger partial charge in [0.1, 0.15) is 5.76 Å². The van der Waals surface area contributed by atoms with Gasteiger partial charge in [0.15, 0.2) is 0 Å². The quantitative estimate of drug-likeness (QED) is 0.480. The lowest BCUT2D eigenvalue weighted by Gasteiger charge is -2.10. The zero-order valence-electron chi connectivity index (χ0n) is 11.3. The maximum absolute atomic E-state index is 11.4. The molecular weight excluding hydrogens is 240 g/mol. The molecule has 0 aromatic heterocycles. The largest absolute Gasteiger partial charge is 0.496 e. The van der Waals surface area contributed by atoms with Gasteiger partial charge >= 0.3 is 5.97 Å². The molecule has 3 heteroatoms. The number of hydrogen-bond donors (Lipinski definition) is 0. The molecule has 19 heavy (non-hydrogen) atoms. The minimum atomic E-state index is -0.429. The van der Waals surface area contributed by atoms with Crippen LogP contribution in [-0.2, 0) is 14.3 Å². The lowest BCUT2D eigenvalue weighted by Crippen LogP contribution is -1.99.